The Morgan fingerprint density at radius 3 is 2.29 bits per heavy atom. The summed E-state index contributed by atoms with van der Waals surface area (Å²) < 4.78 is 2.38. The van der Waals surface area contributed by atoms with Gasteiger partial charge in [-0.3, -0.25) is 0 Å². The lowest BCUT2D eigenvalue weighted by atomic mass is 10.0. The van der Waals surface area contributed by atoms with E-state index in [1.165, 1.54) is 31.6 Å². The van der Waals surface area contributed by atoms with Gasteiger partial charge in [-0.25, -0.2) is 4.85 Å². The van der Waals surface area contributed by atoms with Gasteiger partial charge in [0.2, 0.25) is 0 Å². The van der Waals surface area contributed by atoms with Crippen LogP contribution in [0.5, 0.6) is 0 Å². The Balaban J connectivity index is 1.76. The van der Waals surface area contributed by atoms with E-state index in [4.69, 9.17) is 6.57 Å². The van der Waals surface area contributed by atoms with Crippen LogP contribution in [0.2, 0.25) is 0 Å². The summed E-state index contributed by atoms with van der Waals surface area (Å²) in [5.41, 5.74) is 3.43. The third-order valence-corrected chi connectivity index (χ3v) is 6.65. The van der Waals surface area contributed by atoms with Crippen LogP contribution in [-0.4, -0.2) is 4.98 Å². The van der Waals surface area contributed by atoms with E-state index < -0.39 is 0 Å². The molecule has 0 amide bonds. The molecule has 4 heteroatoms. The second-order valence-electron chi connectivity index (χ2n) is 6.92. The van der Waals surface area contributed by atoms with Crippen molar-refractivity contribution in [3.05, 3.63) is 77.6 Å². The van der Waals surface area contributed by atoms with Crippen molar-refractivity contribution in [3.8, 4) is 6.07 Å². The molecule has 0 saturated heterocycles. The molecule has 4 aromatic carbocycles. The number of benzene rings is 4. The van der Waals surface area contributed by atoms with E-state index in [0.29, 0.717) is 11.3 Å². The molecule has 3 nitrogen and oxygen atoms in total. The number of fused-ring (bicyclic) bond motifs is 9. The molecule has 0 spiro atoms. The van der Waals surface area contributed by atoms with Gasteiger partial charge in [0.1, 0.15) is 0 Å². The normalized spacial score (nSPS) is 11.5. The molecule has 0 aliphatic heterocycles. The van der Waals surface area contributed by atoms with Crippen molar-refractivity contribution in [3.63, 3.8) is 0 Å². The zero-order valence-corrected chi connectivity index (χ0v) is 15.4. The number of H-pyrrole nitrogens is 1. The summed E-state index contributed by atoms with van der Waals surface area (Å²) in [6.07, 6.45) is 0. The highest BCUT2D eigenvalue weighted by molar-refractivity contribution is 7.26. The van der Waals surface area contributed by atoms with E-state index in [9.17, 15) is 5.26 Å². The number of aromatic amines is 1. The van der Waals surface area contributed by atoms with Crippen LogP contribution in [0.3, 0.4) is 0 Å². The second kappa shape index (κ2) is 5.33. The van der Waals surface area contributed by atoms with Crippen LogP contribution in [-0.2, 0) is 0 Å². The maximum Gasteiger partial charge on any atom is 0.189 e. The standard InChI is InChI=1S/C24H11N3S/c1-26-14-3-5-15-17-6-9-20-18(23(17)27-21(15)11-14)7-8-19-16-4-2-13(12-25)10-22(16)28-24(19)20/h2-11,27H. The molecule has 2 aromatic heterocycles. The van der Waals surface area contributed by atoms with Gasteiger partial charge in [0.05, 0.1) is 23.7 Å². The average Bonchev–Trinajstić information content (AvgIpc) is 3.30. The van der Waals surface area contributed by atoms with Crippen molar-refractivity contribution in [1.82, 2.24) is 4.98 Å². The van der Waals surface area contributed by atoms with Gasteiger partial charge in [-0.1, -0.05) is 42.5 Å². The number of hydrogen-bond acceptors (Lipinski definition) is 2. The van der Waals surface area contributed by atoms with E-state index in [-0.39, 0.29) is 0 Å². The molecule has 0 fully saturated rings. The molecule has 0 unspecified atom stereocenters. The quantitative estimate of drug-likeness (QED) is 0.280. The summed E-state index contributed by atoms with van der Waals surface area (Å²) in [6, 6.07) is 22.6. The third kappa shape index (κ3) is 1.90. The Morgan fingerprint density at radius 2 is 1.50 bits per heavy atom. The van der Waals surface area contributed by atoms with Crippen molar-refractivity contribution >= 4 is 69.8 Å². The maximum absolute atomic E-state index is 9.20. The summed E-state index contributed by atoms with van der Waals surface area (Å²) in [6.45, 7) is 7.25. The fourth-order valence-electron chi connectivity index (χ4n) is 4.14. The van der Waals surface area contributed by atoms with Crippen LogP contribution in [0.15, 0.2) is 60.7 Å². The van der Waals surface area contributed by atoms with Crippen molar-refractivity contribution in [2.24, 2.45) is 0 Å². The molecule has 0 radical (unpaired) electrons. The lowest BCUT2D eigenvalue weighted by molar-refractivity contribution is 1.50. The first-order chi connectivity index (χ1) is 13.8. The molecule has 1 N–H and O–H groups in total. The highest BCUT2D eigenvalue weighted by atomic mass is 32.1. The van der Waals surface area contributed by atoms with E-state index in [2.05, 4.69) is 40.2 Å². The van der Waals surface area contributed by atoms with Crippen molar-refractivity contribution in [2.75, 3.05) is 0 Å². The number of nitrogens with one attached hydrogen (secondary N) is 1. The van der Waals surface area contributed by atoms with Crippen LogP contribution in [0.4, 0.5) is 5.69 Å². The van der Waals surface area contributed by atoms with E-state index in [1.54, 1.807) is 11.3 Å². The van der Waals surface area contributed by atoms with Crippen molar-refractivity contribution < 1.29 is 0 Å². The Morgan fingerprint density at radius 1 is 0.821 bits per heavy atom. The molecule has 28 heavy (non-hydrogen) atoms. The summed E-state index contributed by atoms with van der Waals surface area (Å²) >= 11 is 1.74. The van der Waals surface area contributed by atoms with Gasteiger partial charge in [-0.05, 0) is 18.2 Å². The monoisotopic (exact) mass is 373 g/mol. The number of nitriles is 1. The number of aromatic nitrogens is 1. The number of rotatable bonds is 0. The largest absolute Gasteiger partial charge is 0.355 e. The average molecular weight is 373 g/mol. The summed E-state index contributed by atoms with van der Waals surface area (Å²) in [4.78, 5) is 7.07. The molecule has 128 valence electrons. The Labute approximate surface area is 163 Å². The Hall–Kier alpha value is -3.86. The van der Waals surface area contributed by atoms with E-state index >= 15 is 0 Å². The molecule has 6 rings (SSSR count). The third-order valence-electron chi connectivity index (χ3n) is 5.45. The Bertz CT molecular complexity index is 1560. The zero-order valence-electron chi connectivity index (χ0n) is 14.6. The van der Waals surface area contributed by atoms with Gasteiger partial charge >= 0.3 is 0 Å². The van der Waals surface area contributed by atoms with Crippen molar-refractivity contribution in [2.45, 2.75) is 0 Å². The number of thiophene rings is 1. The van der Waals surface area contributed by atoms with Gasteiger partial charge in [-0.2, -0.15) is 5.26 Å². The van der Waals surface area contributed by atoms with Crippen LogP contribution < -0.4 is 0 Å². The van der Waals surface area contributed by atoms with Gasteiger partial charge in [0.25, 0.3) is 0 Å². The van der Waals surface area contributed by atoms with Gasteiger partial charge in [0, 0.05) is 47.2 Å². The molecule has 2 heterocycles. The SMILES string of the molecule is [C-]#[N+]c1ccc2c(c1)[nH]c1c2ccc2c1ccc1c3ccc(C#N)cc3sc12. The minimum Gasteiger partial charge on any atom is -0.355 e. The first-order valence-corrected chi connectivity index (χ1v) is 9.69. The second-order valence-corrected chi connectivity index (χ2v) is 7.97. The summed E-state index contributed by atoms with van der Waals surface area (Å²) in [5.74, 6) is 0. The first kappa shape index (κ1) is 15.2. The highest BCUT2D eigenvalue weighted by Crippen LogP contribution is 2.41. The zero-order chi connectivity index (χ0) is 18.8. The summed E-state index contributed by atoms with van der Waals surface area (Å²) in [7, 11) is 0. The summed E-state index contributed by atoms with van der Waals surface area (Å²) in [5, 5.41) is 16.3. The highest BCUT2D eigenvalue weighted by Gasteiger charge is 2.13. The predicted molar refractivity (Wildman–Crippen MR) is 117 cm³/mol. The maximum atomic E-state index is 9.20. The molecule has 0 saturated carbocycles. The predicted octanol–water partition coefficient (Wildman–Crippen LogP) is 7.26. The van der Waals surface area contributed by atoms with E-state index in [1.807, 2.05) is 36.4 Å². The molecule has 6 aromatic rings. The molecular formula is C24H11N3S. The minimum absolute atomic E-state index is 0.642. The van der Waals surface area contributed by atoms with Crippen LogP contribution in [0.1, 0.15) is 5.56 Å². The fraction of sp³-hybridized carbons (Fsp3) is 0. The molecule has 0 aliphatic carbocycles. The molecule has 0 bridgehead atoms. The fourth-order valence-corrected chi connectivity index (χ4v) is 5.41. The Kier molecular flexibility index (Phi) is 2.90. The first-order valence-electron chi connectivity index (χ1n) is 8.88. The van der Waals surface area contributed by atoms with Gasteiger partial charge in [-0.15, -0.1) is 11.3 Å². The number of hydrogen-bond donors (Lipinski definition) is 1. The minimum atomic E-state index is 0.642. The lowest BCUT2D eigenvalue weighted by Crippen LogP contribution is -1.76. The van der Waals surface area contributed by atoms with Crippen molar-refractivity contribution in [1.29, 1.82) is 5.26 Å². The van der Waals surface area contributed by atoms with E-state index in [0.717, 1.165) is 21.1 Å². The van der Waals surface area contributed by atoms with Crippen LogP contribution in [0, 0.1) is 17.9 Å². The lowest BCUT2D eigenvalue weighted by Gasteiger charge is -2.02. The smallest absolute Gasteiger partial charge is 0.189 e. The molecule has 0 atom stereocenters. The van der Waals surface area contributed by atoms with Crippen LogP contribution in [0.25, 0.3) is 57.6 Å². The van der Waals surface area contributed by atoms with Crippen LogP contribution >= 0.6 is 11.3 Å². The molecule has 0 aliphatic rings. The van der Waals surface area contributed by atoms with Gasteiger partial charge in [0.15, 0.2) is 5.69 Å². The molecular weight excluding hydrogens is 362 g/mol. The topological polar surface area (TPSA) is 43.9 Å². The van der Waals surface area contributed by atoms with Gasteiger partial charge < -0.3 is 4.98 Å². The number of nitrogens with zero attached hydrogens (tertiary/aromatic N) is 2.